The van der Waals surface area contributed by atoms with Gasteiger partial charge in [0.2, 0.25) is 11.8 Å². The van der Waals surface area contributed by atoms with E-state index in [1.807, 2.05) is 19.1 Å². The van der Waals surface area contributed by atoms with E-state index >= 15 is 0 Å². The van der Waals surface area contributed by atoms with Crippen molar-refractivity contribution >= 4 is 23.2 Å². The summed E-state index contributed by atoms with van der Waals surface area (Å²) in [6.07, 6.45) is 1.03. The molecule has 2 bridgehead atoms. The Kier molecular flexibility index (Phi) is 3.92. The highest BCUT2D eigenvalue weighted by molar-refractivity contribution is 6.23. The fourth-order valence-electron chi connectivity index (χ4n) is 4.64. The minimum absolute atomic E-state index is 0.158. The first-order valence-electron chi connectivity index (χ1n) is 9.49. The number of fused-ring (bicyclic) bond motifs is 5. The van der Waals surface area contributed by atoms with Gasteiger partial charge in [-0.05, 0) is 37.5 Å². The topological polar surface area (TPSA) is 99.0 Å². The normalized spacial score (nSPS) is 27.4. The zero-order valence-electron chi connectivity index (χ0n) is 15.6. The molecule has 8 nitrogen and oxygen atoms in total. The van der Waals surface area contributed by atoms with Gasteiger partial charge in [-0.1, -0.05) is 12.1 Å². The summed E-state index contributed by atoms with van der Waals surface area (Å²) in [7, 11) is 0. The van der Waals surface area contributed by atoms with Crippen molar-refractivity contribution in [2.24, 2.45) is 11.8 Å². The van der Waals surface area contributed by atoms with E-state index in [1.165, 1.54) is 18.2 Å². The first-order chi connectivity index (χ1) is 13.9. The maximum atomic E-state index is 13.0. The van der Waals surface area contributed by atoms with E-state index in [0.717, 1.165) is 23.3 Å². The monoisotopic (exact) mass is 394 g/mol. The standard InChI is InChI=1S/C21H18N2O6/c1-11-3-2-4-14(7-11)28-15-9-12(8-13(10-15)23(26)27)22-20(24)18-16-5-6-17(29-16)19(18)21(22)25/h2-4,7-10,16-19H,5-6H2,1H3/t16-,17-,18+,19+/m1/s1. The minimum atomic E-state index is -0.564. The van der Waals surface area contributed by atoms with Crippen LogP contribution in [0.15, 0.2) is 42.5 Å². The van der Waals surface area contributed by atoms with Gasteiger partial charge in [0.05, 0.1) is 40.7 Å². The smallest absolute Gasteiger partial charge is 0.275 e. The first-order valence-corrected chi connectivity index (χ1v) is 9.49. The molecule has 0 radical (unpaired) electrons. The maximum Gasteiger partial charge on any atom is 0.275 e. The van der Waals surface area contributed by atoms with Gasteiger partial charge >= 0.3 is 0 Å². The molecule has 148 valence electrons. The van der Waals surface area contributed by atoms with E-state index in [-0.39, 0.29) is 41.1 Å². The van der Waals surface area contributed by atoms with Gasteiger partial charge in [0.25, 0.3) is 5.69 Å². The molecule has 0 saturated carbocycles. The number of rotatable bonds is 4. The summed E-state index contributed by atoms with van der Waals surface area (Å²) in [5, 5.41) is 11.4. The molecule has 0 N–H and O–H groups in total. The molecule has 0 spiro atoms. The number of hydrogen-bond donors (Lipinski definition) is 0. The fraction of sp³-hybridized carbons (Fsp3) is 0.333. The van der Waals surface area contributed by atoms with Crippen LogP contribution >= 0.6 is 0 Å². The third-order valence-corrected chi connectivity index (χ3v) is 5.85. The van der Waals surface area contributed by atoms with Gasteiger partial charge in [-0.25, -0.2) is 4.90 Å². The fourth-order valence-corrected chi connectivity index (χ4v) is 4.64. The number of nitro groups is 1. The highest BCUT2D eigenvalue weighted by Gasteiger charge is 2.62. The molecule has 0 aromatic heterocycles. The van der Waals surface area contributed by atoms with Gasteiger partial charge < -0.3 is 9.47 Å². The number of nitrogens with zero attached hydrogens (tertiary/aromatic N) is 2. The van der Waals surface area contributed by atoms with Crippen LogP contribution in [0, 0.1) is 28.9 Å². The molecule has 3 aliphatic heterocycles. The highest BCUT2D eigenvalue weighted by Crippen LogP contribution is 2.50. The average molecular weight is 394 g/mol. The lowest BCUT2D eigenvalue weighted by atomic mass is 9.81. The van der Waals surface area contributed by atoms with E-state index in [0.29, 0.717) is 5.75 Å². The average Bonchev–Trinajstić information content (AvgIpc) is 3.35. The molecule has 4 atom stereocenters. The van der Waals surface area contributed by atoms with Crippen LogP contribution in [0.2, 0.25) is 0 Å². The van der Waals surface area contributed by atoms with Gasteiger partial charge in [0, 0.05) is 12.1 Å². The van der Waals surface area contributed by atoms with Crippen molar-refractivity contribution in [1.29, 1.82) is 0 Å². The lowest BCUT2D eigenvalue weighted by molar-refractivity contribution is -0.384. The van der Waals surface area contributed by atoms with Crippen molar-refractivity contribution < 1.29 is 24.0 Å². The Hall–Kier alpha value is -3.26. The molecule has 0 unspecified atom stereocenters. The van der Waals surface area contributed by atoms with Crippen molar-refractivity contribution in [2.75, 3.05) is 4.90 Å². The van der Waals surface area contributed by atoms with E-state index < -0.39 is 16.8 Å². The summed E-state index contributed by atoms with van der Waals surface area (Å²) in [6, 6.07) is 11.3. The zero-order chi connectivity index (χ0) is 20.3. The molecule has 3 saturated heterocycles. The molecule has 2 aromatic rings. The minimum Gasteiger partial charge on any atom is -0.457 e. The number of anilines is 1. The molecule has 3 fully saturated rings. The number of carbonyl (C=O) groups is 2. The van der Waals surface area contributed by atoms with Crippen LogP contribution in [0.1, 0.15) is 18.4 Å². The Bertz CT molecular complexity index is 1020. The Morgan fingerprint density at radius 2 is 1.72 bits per heavy atom. The van der Waals surface area contributed by atoms with Crippen molar-refractivity contribution in [2.45, 2.75) is 32.0 Å². The highest BCUT2D eigenvalue weighted by atomic mass is 16.6. The summed E-state index contributed by atoms with van der Waals surface area (Å²) in [4.78, 5) is 37.9. The van der Waals surface area contributed by atoms with Crippen LogP contribution in [0.25, 0.3) is 0 Å². The number of amides is 2. The van der Waals surface area contributed by atoms with E-state index in [9.17, 15) is 19.7 Å². The molecule has 3 heterocycles. The summed E-state index contributed by atoms with van der Waals surface area (Å²) in [6.45, 7) is 1.91. The third-order valence-electron chi connectivity index (χ3n) is 5.85. The van der Waals surface area contributed by atoms with Gasteiger partial charge in [0.15, 0.2) is 0 Å². The van der Waals surface area contributed by atoms with Crippen molar-refractivity contribution in [3.05, 3.63) is 58.1 Å². The summed E-state index contributed by atoms with van der Waals surface area (Å²) < 4.78 is 11.5. The molecule has 0 aliphatic carbocycles. The summed E-state index contributed by atoms with van der Waals surface area (Å²) >= 11 is 0. The van der Waals surface area contributed by atoms with Crippen molar-refractivity contribution in [3.8, 4) is 11.5 Å². The molecule has 2 aromatic carbocycles. The summed E-state index contributed by atoms with van der Waals surface area (Å²) in [5.74, 6) is -0.998. The van der Waals surface area contributed by atoms with Crippen LogP contribution < -0.4 is 9.64 Å². The second-order valence-electron chi connectivity index (χ2n) is 7.71. The Morgan fingerprint density at radius 1 is 1.03 bits per heavy atom. The number of ether oxygens (including phenoxy) is 2. The number of imide groups is 1. The van der Waals surface area contributed by atoms with Crippen LogP contribution in [-0.4, -0.2) is 28.9 Å². The Morgan fingerprint density at radius 3 is 2.34 bits per heavy atom. The lowest BCUT2D eigenvalue weighted by Crippen LogP contribution is -2.34. The molecule has 29 heavy (non-hydrogen) atoms. The Labute approximate surface area is 166 Å². The molecule has 5 rings (SSSR count). The summed E-state index contributed by atoms with van der Waals surface area (Å²) in [5.41, 5.74) is 0.883. The molecule has 8 heteroatoms. The molecular weight excluding hydrogens is 376 g/mol. The molecule has 2 amide bonds. The maximum absolute atomic E-state index is 13.0. The van der Waals surface area contributed by atoms with Gasteiger partial charge in [-0.15, -0.1) is 0 Å². The number of benzene rings is 2. The number of nitro benzene ring substituents is 1. The van der Waals surface area contributed by atoms with E-state index in [4.69, 9.17) is 9.47 Å². The van der Waals surface area contributed by atoms with Gasteiger partial charge in [-0.2, -0.15) is 0 Å². The second-order valence-corrected chi connectivity index (χ2v) is 7.71. The van der Waals surface area contributed by atoms with Crippen LogP contribution in [0.4, 0.5) is 11.4 Å². The quantitative estimate of drug-likeness (QED) is 0.448. The number of aryl methyl sites for hydroxylation is 1. The molecular formula is C21H18N2O6. The largest absolute Gasteiger partial charge is 0.457 e. The number of carbonyl (C=O) groups excluding carboxylic acids is 2. The van der Waals surface area contributed by atoms with Crippen LogP contribution in [0.5, 0.6) is 11.5 Å². The number of hydrogen-bond acceptors (Lipinski definition) is 6. The van der Waals surface area contributed by atoms with Gasteiger partial charge in [0.1, 0.15) is 11.5 Å². The SMILES string of the molecule is Cc1cccc(Oc2cc(N3C(=O)[C@@H]4[C@@H](C3=O)[C@H]3CC[C@H]4O3)cc([N+](=O)[O-])c2)c1. The number of non-ortho nitro benzene ring substituents is 1. The Balaban J connectivity index is 1.53. The van der Waals surface area contributed by atoms with E-state index in [2.05, 4.69) is 0 Å². The van der Waals surface area contributed by atoms with Gasteiger partial charge in [-0.3, -0.25) is 19.7 Å². The molecule has 3 aliphatic rings. The third kappa shape index (κ3) is 2.79. The van der Waals surface area contributed by atoms with Crippen LogP contribution in [0.3, 0.4) is 0 Å². The lowest BCUT2D eigenvalue weighted by Gasteiger charge is -2.18. The first kappa shape index (κ1) is 17.8. The van der Waals surface area contributed by atoms with Crippen molar-refractivity contribution in [1.82, 2.24) is 0 Å². The van der Waals surface area contributed by atoms with Crippen molar-refractivity contribution in [3.63, 3.8) is 0 Å². The predicted molar refractivity (Wildman–Crippen MR) is 102 cm³/mol. The van der Waals surface area contributed by atoms with Crippen LogP contribution in [-0.2, 0) is 14.3 Å². The zero-order valence-corrected chi connectivity index (χ0v) is 15.6. The predicted octanol–water partition coefficient (Wildman–Crippen LogP) is 3.36. The second kappa shape index (κ2) is 6.38. The van der Waals surface area contributed by atoms with E-state index in [1.54, 1.807) is 12.1 Å².